The molecule has 2 aromatic rings. The molecule has 0 radical (unpaired) electrons. The number of hydrogen-bond donors (Lipinski definition) is 1. The van der Waals surface area contributed by atoms with Crippen molar-refractivity contribution in [3.8, 4) is 0 Å². The second-order valence-electron chi connectivity index (χ2n) is 10.3. The number of amides is 2. The molecule has 1 aliphatic carbocycles. The molecule has 1 N–H and O–H groups in total. The number of hydrogen-bond acceptors (Lipinski definition) is 4. The van der Waals surface area contributed by atoms with E-state index in [1.54, 1.807) is 29.2 Å². The number of rotatable bonds is 12. The van der Waals surface area contributed by atoms with Crippen molar-refractivity contribution in [2.75, 3.05) is 17.1 Å². The molecule has 2 amide bonds. The second kappa shape index (κ2) is 14.4. The first-order chi connectivity index (χ1) is 18.5. The van der Waals surface area contributed by atoms with E-state index in [2.05, 4.69) is 5.32 Å². The van der Waals surface area contributed by atoms with Crippen LogP contribution in [0, 0.1) is 6.92 Å². The van der Waals surface area contributed by atoms with Crippen molar-refractivity contribution < 1.29 is 18.0 Å². The van der Waals surface area contributed by atoms with Gasteiger partial charge >= 0.3 is 0 Å². The fourth-order valence-corrected chi connectivity index (χ4v) is 6.36. The van der Waals surface area contributed by atoms with E-state index >= 15 is 0 Å². The Balaban J connectivity index is 1.78. The fraction of sp³-hybridized carbons (Fsp3) is 0.517. The van der Waals surface area contributed by atoms with Crippen molar-refractivity contribution in [2.45, 2.75) is 83.8 Å². The summed E-state index contributed by atoms with van der Waals surface area (Å²) in [5, 5.41) is 3.96. The number of nitrogens with one attached hydrogen (secondary N) is 1. The number of nitrogens with zero attached hydrogens (tertiary/aromatic N) is 2. The zero-order valence-corrected chi connectivity index (χ0v) is 25.3. The van der Waals surface area contributed by atoms with E-state index in [4.69, 9.17) is 23.2 Å². The van der Waals surface area contributed by atoms with Crippen LogP contribution in [-0.2, 0) is 26.2 Å². The van der Waals surface area contributed by atoms with Crippen LogP contribution in [-0.4, -0.2) is 50.0 Å². The van der Waals surface area contributed by atoms with Gasteiger partial charge in [0.1, 0.15) is 6.04 Å². The van der Waals surface area contributed by atoms with Gasteiger partial charge in [0, 0.05) is 25.6 Å². The molecule has 1 aliphatic rings. The second-order valence-corrected chi connectivity index (χ2v) is 13.0. The Bertz CT molecular complexity index is 1250. The Morgan fingerprint density at radius 3 is 2.38 bits per heavy atom. The molecule has 1 fully saturated rings. The van der Waals surface area contributed by atoms with Crippen molar-refractivity contribution in [3.63, 3.8) is 0 Å². The smallest absolute Gasteiger partial charge is 0.243 e. The van der Waals surface area contributed by atoms with Crippen LogP contribution in [0.1, 0.15) is 69.4 Å². The molecule has 3 rings (SSSR count). The van der Waals surface area contributed by atoms with Crippen LogP contribution < -0.4 is 9.62 Å². The number of carbonyl (C=O) groups is 2. The molecule has 0 bridgehead atoms. The van der Waals surface area contributed by atoms with Crippen LogP contribution in [0.5, 0.6) is 0 Å². The minimum Gasteiger partial charge on any atom is -0.352 e. The maximum absolute atomic E-state index is 13.6. The van der Waals surface area contributed by atoms with Gasteiger partial charge in [-0.15, -0.1) is 0 Å². The SMILES string of the molecule is CCC(C(=O)NC1CCCCC1)N(Cc1ccc(Cl)c(Cl)c1)C(=O)CCCN(c1cccc(C)c1)S(C)(=O)=O. The van der Waals surface area contributed by atoms with Crippen molar-refractivity contribution in [2.24, 2.45) is 0 Å². The lowest BCUT2D eigenvalue weighted by Crippen LogP contribution is -2.51. The van der Waals surface area contributed by atoms with Crippen LogP contribution in [0.2, 0.25) is 10.0 Å². The molecule has 214 valence electrons. The predicted octanol–water partition coefficient (Wildman–Crippen LogP) is 6.10. The summed E-state index contributed by atoms with van der Waals surface area (Å²) in [5.41, 5.74) is 2.27. The first kappa shape index (κ1) is 31.2. The van der Waals surface area contributed by atoms with Crippen LogP contribution >= 0.6 is 23.2 Å². The highest BCUT2D eigenvalue weighted by Gasteiger charge is 2.30. The third-order valence-corrected chi connectivity index (χ3v) is 9.05. The maximum Gasteiger partial charge on any atom is 0.243 e. The third kappa shape index (κ3) is 9.12. The van der Waals surface area contributed by atoms with Gasteiger partial charge in [-0.25, -0.2) is 8.42 Å². The van der Waals surface area contributed by atoms with Gasteiger partial charge in [-0.3, -0.25) is 13.9 Å². The highest BCUT2D eigenvalue weighted by molar-refractivity contribution is 7.92. The van der Waals surface area contributed by atoms with Crippen LogP contribution in [0.4, 0.5) is 5.69 Å². The summed E-state index contributed by atoms with van der Waals surface area (Å²) < 4.78 is 26.4. The fourth-order valence-electron chi connectivity index (χ4n) is 5.09. The van der Waals surface area contributed by atoms with Gasteiger partial charge in [0.25, 0.3) is 0 Å². The Kier molecular flexibility index (Phi) is 11.5. The standard InChI is InChI=1S/C29H39Cl2N3O4S/c1-4-27(29(36)32-23-11-6-5-7-12-23)33(20-22-15-16-25(30)26(31)19-22)28(35)14-9-17-34(39(3,37)38)24-13-8-10-21(2)18-24/h8,10,13,15-16,18-19,23,27H,4-7,9,11-12,14,17,20H2,1-3H3,(H,32,36). The maximum atomic E-state index is 13.6. The number of sulfonamides is 1. The Morgan fingerprint density at radius 2 is 1.77 bits per heavy atom. The van der Waals surface area contributed by atoms with Crippen molar-refractivity contribution in [1.82, 2.24) is 10.2 Å². The highest BCUT2D eigenvalue weighted by Crippen LogP contribution is 2.25. The van der Waals surface area contributed by atoms with Crippen molar-refractivity contribution in [3.05, 3.63) is 63.6 Å². The number of halogens is 2. The first-order valence-electron chi connectivity index (χ1n) is 13.6. The zero-order chi connectivity index (χ0) is 28.6. The normalized spacial score (nSPS) is 15.0. The average Bonchev–Trinajstić information content (AvgIpc) is 2.88. The van der Waals surface area contributed by atoms with E-state index in [9.17, 15) is 18.0 Å². The summed E-state index contributed by atoms with van der Waals surface area (Å²) >= 11 is 12.3. The largest absolute Gasteiger partial charge is 0.352 e. The van der Waals surface area contributed by atoms with E-state index in [1.807, 2.05) is 32.0 Å². The van der Waals surface area contributed by atoms with E-state index in [0.717, 1.165) is 43.1 Å². The molecule has 10 heteroatoms. The topological polar surface area (TPSA) is 86.8 Å². The molecular weight excluding hydrogens is 557 g/mol. The molecule has 1 atom stereocenters. The van der Waals surface area contributed by atoms with E-state index < -0.39 is 16.1 Å². The lowest BCUT2D eigenvalue weighted by atomic mass is 9.95. The Morgan fingerprint density at radius 1 is 1.05 bits per heavy atom. The van der Waals surface area contributed by atoms with Gasteiger partial charge in [-0.1, -0.05) is 67.6 Å². The van der Waals surface area contributed by atoms with Crippen molar-refractivity contribution >= 4 is 50.7 Å². The molecule has 7 nitrogen and oxygen atoms in total. The van der Waals surface area contributed by atoms with Crippen molar-refractivity contribution in [1.29, 1.82) is 0 Å². The van der Waals surface area contributed by atoms with E-state index in [1.165, 1.54) is 10.7 Å². The number of anilines is 1. The van der Waals surface area contributed by atoms with Gasteiger partial charge < -0.3 is 10.2 Å². The molecule has 0 heterocycles. The van der Waals surface area contributed by atoms with Gasteiger partial charge in [0.2, 0.25) is 21.8 Å². The van der Waals surface area contributed by atoms with E-state index in [-0.39, 0.29) is 37.4 Å². The summed E-state index contributed by atoms with van der Waals surface area (Å²) in [6.07, 6.45) is 7.26. The molecular formula is C29H39Cl2N3O4S. The van der Waals surface area contributed by atoms with E-state index in [0.29, 0.717) is 28.6 Å². The molecule has 0 spiro atoms. The first-order valence-corrected chi connectivity index (χ1v) is 16.2. The molecule has 0 aromatic heterocycles. The van der Waals surface area contributed by atoms with Crippen LogP contribution in [0.3, 0.4) is 0 Å². The minimum absolute atomic E-state index is 0.0896. The monoisotopic (exact) mass is 595 g/mol. The summed E-state index contributed by atoms with van der Waals surface area (Å²) in [6, 6.07) is 11.9. The molecule has 2 aromatic carbocycles. The van der Waals surface area contributed by atoms with Crippen LogP contribution in [0.25, 0.3) is 0 Å². The molecule has 0 saturated heterocycles. The van der Waals surface area contributed by atoms with Crippen LogP contribution in [0.15, 0.2) is 42.5 Å². The molecule has 1 unspecified atom stereocenters. The number of benzene rings is 2. The molecule has 1 saturated carbocycles. The van der Waals surface area contributed by atoms with Gasteiger partial charge in [-0.2, -0.15) is 0 Å². The minimum atomic E-state index is -3.54. The predicted molar refractivity (Wildman–Crippen MR) is 159 cm³/mol. The lowest BCUT2D eigenvalue weighted by molar-refractivity contribution is -0.141. The lowest BCUT2D eigenvalue weighted by Gasteiger charge is -2.33. The molecule has 39 heavy (non-hydrogen) atoms. The number of aryl methyl sites for hydroxylation is 1. The summed E-state index contributed by atoms with van der Waals surface area (Å²) in [5.74, 6) is -0.375. The Labute approximate surface area is 242 Å². The summed E-state index contributed by atoms with van der Waals surface area (Å²) in [4.78, 5) is 28.6. The summed E-state index contributed by atoms with van der Waals surface area (Å²) in [6.45, 7) is 4.14. The Hall–Kier alpha value is -2.29. The third-order valence-electron chi connectivity index (χ3n) is 7.12. The van der Waals surface area contributed by atoms with Gasteiger partial charge in [0.15, 0.2) is 0 Å². The quantitative estimate of drug-likeness (QED) is 0.321. The number of carbonyl (C=O) groups excluding carboxylic acids is 2. The molecule has 0 aliphatic heterocycles. The highest BCUT2D eigenvalue weighted by atomic mass is 35.5. The zero-order valence-electron chi connectivity index (χ0n) is 23.0. The average molecular weight is 597 g/mol. The van der Waals surface area contributed by atoms with Gasteiger partial charge in [0.05, 0.1) is 22.0 Å². The van der Waals surface area contributed by atoms with Gasteiger partial charge in [-0.05, 0) is 68.0 Å². The summed E-state index contributed by atoms with van der Waals surface area (Å²) in [7, 11) is -3.54.